The maximum atomic E-state index is 10.9. The summed E-state index contributed by atoms with van der Waals surface area (Å²) in [6, 6.07) is 4.68. The van der Waals surface area contributed by atoms with Crippen molar-refractivity contribution in [1.29, 1.82) is 0 Å². The fourth-order valence-electron chi connectivity index (χ4n) is 1.43. The Bertz CT molecular complexity index is 399. The lowest BCUT2D eigenvalue weighted by molar-refractivity contribution is 0.0696. The summed E-state index contributed by atoms with van der Waals surface area (Å²) < 4.78 is 11.2. The molecular formula is C14H20O4. The Hall–Kier alpha value is -1.71. The van der Waals surface area contributed by atoms with Crippen LogP contribution in [0.25, 0.3) is 0 Å². The number of hydrogen-bond acceptors (Lipinski definition) is 3. The molecule has 0 aliphatic heterocycles. The summed E-state index contributed by atoms with van der Waals surface area (Å²) in [6.45, 7) is 6.48. The molecular weight excluding hydrogens is 232 g/mol. The van der Waals surface area contributed by atoms with E-state index in [2.05, 4.69) is 6.92 Å². The Morgan fingerprint density at radius 2 is 2.06 bits per heavy atom. The van der Waals surface area contributed by atoms with Crippen molar-refractivity contribution in [3.8, 4) is 11.5 Å². The normalized spacial score (nSPS) is 10.4. The first-order valence-electron chi connectivity index (χ1n) is 6.21. The van der Waals surface area contributed by atoms with Gasteiger partial charge in [0.2, 0.25) is 0 Å². The van der Waals surface area contributed by atoms with Crippen molar-refractivity contribution in [3.63, 3.8) is 0 Å². The van der Waals surface area contributed by atoms with E-state index in [0.29, 0.717) is 18.1 Å². The van der Waals surface area contributed by atoms with E-state index >= 15 is 0 Å². The fourth-order valence-corrected chi connectivity index (χ4v) is 1.43. The van der Waals surface area contributed by atoms with Gasteiger partial charge in [0.05, 0.1) is 18.3 Å². The third kappa shape index (κ3) is 4.28. The highest BCUT2D eigenvalue weighted by Crippen LogP contribution is 2.29. The number of hydrogen-bond donors (Lipinski definition) is 1. The van der Waals surface area contributed by atoms with E-state index in [4.69, 9.17) is 14.6 Å². The molecule has 100 valence electrons. The minimum atomic E-state index is -0.969. The van der Waals surface area contributed by atoms with Gasteiger partial charge in [0, 0.05) is 0 Å². The second kappa shape index (κ2) is 6.89. The lowest BCUT2D eigenvalue weighted by Crippen LogP contribution is -2.09. The molecule has 0 fully saturated rings. The molecule has 0 spiro atoms. The number of carboxylic acid groups (broad SMARTS) is 1. The first-order chi connectivity index (χ1) is 8.54. The van der Waals surface area contributed by atoms with Gasteiger partial charge >= 0.3 is 5.97 Å². The predicted octanol–water partition coefficient (Wildman–Crippen LogP) is 3.35. The average Bonchev–Trinajstić information content (AvgIpc) is 2.30. The Labute approximate surface area is 108 Å². The average molecular weight is 252 g/mol. The summed E-state index contributed by atoms with van der Waals surface area (Å²) in [5.74, 6) is 0.117. The molecule has 1 rings (SSSR count). The van der Waals surface area contributed by atoms with E-state index in [1.165, 1.54) is 12.1 Å². The lowest BCUT2D eigenvalue weighted by Gasteiger charge is -2.15. The van der Waals surface area contributed by atoms with Gasteiger partial charge in [-0.3, -0.25) is 0 Å². The molecule has 0 unspecified atom stereocenters. The molecule has 1 aromatic rings. The van der Waals surface area contributed by atoms with Crippen LogP contribution in [0.3, 0.4) is 0 Å². The molecule has 0 bridgehead atoms. The molecule has 0 aromatic heterocycles. The summed E-state index contributed by atoms with van der Waals surface area (Å²) in [5, 5.41) is 8.95. The van der Waals surface area contributed by atoms with Crippen LogP contribution in [0.1, 0.15) is 44.0 Å². The minimum absolute atomic E-state index is 0.0254. The third-order valence-corrected chi connectivity index (χ3v) is 2.31. The highest BCUT2D eigenvalue weighted by molar-refractivity contribution is 5.88. The quantitative estimate of drug-likeness (QED) is 0.756. The molecule has 0 saturated heterocycles. The Morgan fingerprint density at radius 1 is 1.33 bits per heavy atom. The van der Waals surface area contributed by atoms with Gasteiger partial charge in [0.1, 0.15) is 0 Å². The van der Waals surface area contributed by atoms with Gasteiger partial charge in [0.15, 0.2) is 11.5 Å². The second-order valence-corrected chi connectivity index (χ2v) is 4.34. The van der Waals surface area contributed by atoms with E-state index in [9.17, 15) is 4.79 Å². The van der Waals surface area contributed by atoms with Crippen LogP contribution in [-0.2, 0) is 0 Å². The second-order valence-electron chi connectivity index (χ2n) is 4.34. The van der Waals surface area contributed by atoms with Crippen molar-refractivity contribution in [1.82, 2.24) is 0 Å². The van der Waals surface area contributed by atoms with Gasteiger partial charge in [-0.05, 0) is 38.5 Å². The number of ether oxygens (including phenoxy) is 2. The first-order valence-corrected chi connectivity index (χ1v) is 6.21. The summed E-state index contributed by atoms with van der Waals surface area (Å²) in [4.78, 5) is 10.9. The smallest absolute Gasteiger partial charge is 0.335 e. The van der Waals surface area contributed by atoms with E-state index < -0.39 is 5.97 Å². The van der Waals surface area contributed by atoms with Crippen molar-refractivity contribution in [3.05, 3.63) is 23.8 Å². The van der Waals surface area contributed by atoms with Gasteiger partial charge in [-0.1, -0.05) is 13.3 Å². The Kier molecular flexibility index (Phi) is 5.49. The van der Waals surface area contributed by atoms with E-state index in [1.54, 1.807) is 6.07 Å². The number of benzene rings is 1. The van der Waals surface area contributed by atoms with Crippen molar-refractivity contribution < 1.29 is 19.4 Å². The number of carbonyl (C=O) groups is 1. The highest BCUT2D eigenvalue weighted by Gasteiger charge is 2.11. The monoisotopic (exact) mass is 252 g/mol. The van der Waals surface area contributed by atoms with Gasteiger partial charge < -0.3 is 14.6 Å². The fraction of sp³-hybridized carbons (Fsp3) is 0.500. The van der Waals surface area contributed by atoms with Crippen molar-refractivity contribution in [2.45, 2.75) is 39.7 Å². The van der Waals surface area contributed by atoms with Gasteiger partial charge in [-0.25, -0.2) is 4.79 Å². The largest absolute Gasteiger partial charge is 0.490 e. The minimum Gasteiger partial charge on any atom is -0.490 e. The van der Waals surface area contributed by atoms with Gasteiger partial charge in [-0.15, -0.1) is 0 Å². The van der Waals surface area contributed by atoms with Crippen molar-refractivity contribution in [2.75, 3.05) is 6.61 Å². The van der Waals surface area contributed by atoms with Crippen LogP contribution in [0.15, 0.2) is 18.2 Å². The molecule has 0 atom stereocenters. The van der Waals surface area contributed by atoms with Crippen LogP contribution in [0.2, 0.25) is 0 Å². The molecule has 18 heavy (non-hydrogen) atoms. The van der Waals surface area contributed by atoms with E-state index in [-0.39, 0.29) is 11.7 Å². The van der Waals surface area contributed by atoms with Crippen LogP contribution < -0.4 is 9.47 Å². The molecule has 4 nitrogen and oxygen atoms in total. The molecule has 0 aliphatic carbocycles. The number of carboxylic acids is 1. The topological polar surface area (TPSA) is 55.8 Å². The Morgan fingerprint density at radius 3 is 2.61 bits per heavy atom. The number of rotatable bonds is 7. The maximum absolute atomic E-state index is 10.9. The highest BCUT2D eigenvalue weighted by atomic mass is 16.5. The summed E-state index contributed by atoms with van der Waals surface area (Å²) >= 11 is 0. The molecule has 0 aliphatic rings. The first kappa shape index (κ1) is 14.4. The van der Waals surface area contributed by atoms with Crippen molar-refractivity contribution in [2.24, 2.45) is 0 Å². The van der Waals surface area contributed by atoms with Crippen LogP contribution in [0.4, 0.5) is 0 Å². The molecule has 0 radical (unpaired) electrons. The molecule has 4 heteroatoms. The van der Waals surface area contributed by atoms with Crippen LogP contribution >= 0.6 is 0 Å². The zero-order valence-electron chi connectivity index (χ0n) is 11.1. The maximum Gasteiger partial charge on any atom is 0.335 e. The molecule has 0 saturated carbocycles. The predicted molar refractivity (Wildman–Crippen MR) is 69.6 cm³/mol. The zero-order chi connectivity index (χ0) is 13.5. The molecule has 1 N–H and O–H groups in total. The van der Waals surface area contributed by atoms with Crippen molar-refractivity contribution >= 4 is 5.97 Å². The van der Waals surface area contributed by atoms with Crippen LogP contribution in [0.5, 0.6) is 11.5 Å². The number of aromatic carboxylic acids is 1. The third-order valence-electron chi connectivity index (χ3n) is 2.31. The number of unbranched alkanes of at least 4 members (excludes halogenated alkanes) is 1. The van der Waals surface area contributed by atoms with E-state index in [0.717, 1.165) is 12.8 Å². The van der Waals surface area contributed by atoms with E-state index in [1.807, 2.05) is 13.8 Å². The van der Waals surface area contributed by atoms with Crippen LogP contribution in [0, 0.1) is 0 Å². The van der Waals surface area contributed by atoms with Crippen LogP contribution in [-0.4, -0.2) is 23.8 Å². The summed E-state index contributed by atoms with van der Waals surface area (Å²) in [6.07, 6.45) is 1.98. The lowest BCUT2D eigenvalue weighted by atomic mass is 10.2. The molecule has 1 aromatic carbocycles. The van der Waals surface area contributed by atoms with Gasteiger partial charge in [0.25, 0.3) is 0 Å². The summed E-state index contributed by atoms with van der Waals surface area (Å²) in [5.41, 5.74) is 0.202. The standard InChI is InChI=1S/C14H20O4/c1-4-5-8-17-12-7-6-11(14(15)16)9-13(12)18-10(2)3/h6-7,9-10H,4-5,8H2,1-3H3,(H,15,16). The van der Waals surface area contributed by atoms with Gasteiger partial charge in [-0.2, -0.15) is 0 Å². The molecule has 0 heterocycles. The zero-order valence-corrected chi connectivity index (χ0v) is 11.1. The Balaban J connectivity index is 2.89. The molecule has 0 amide bonds. The summed E-state index contributed by atoms with van der Waals surface area (Å²) in [7, 11) is 0. The SMILES string of the molecule is CCCCOc1ccc(C(=O)O)cc1OC(C)C.